The molecule has 0 unspecified atom stereocenters. The molecule has 2 aliphatic heterocycles. The van der Waals surface area contributed by atoms with Crippen LogP contribution in [0.3, 0.4) is 0 Å². The van der Waals surface area contributed by atoms with Crippen LogP contribution in [0.2, 0.25) is 0 Å². The van der Waals surface area contributed by atoms with Gasteiger partial charge in [-0.05, 0) is 44.2 Å². The summed E-state index contributed by atoms with van der Waals surface area (Å²) in [7, 11) is 0. The Balaban J connectivity index is 1.55. The molecule has 0 N–H and O–H groups in total. The number of fused-ring (bicyclic) bond motifs is 1. The molecule has 2 aromatic rings. The van der Waals surface area contributed by atoms with Crippen LogP contribution in [0.25, 0.3) is 0 Å². The molecule has 1 saturated heterocycles. The van der Waals surface area contributed by atoms with Crippen molar-refractivity contribution in [1.82, 2.24) is 15.0 Å². The summed E-state index contributed by atoms with van der Waals surface area (Å²) in [4.78, 5) is 19.3. The van der Waals surface area contributed by atoms with Crippen LogP contribution >= 0.6 is 0 Å². The Hall–Kier alpha value is -2.37. The minimum Gasteiger partial charge on any atom is -0.480 e. The molecule has 6 heteroatoms. The lowest BCUT2D eigenvalue weighted by Crippen LogP contribution is -2.45. The van der Waals surface area contributed by atoms with E-state index in [1.165, 1.54) is 17.5 Å². The van der Waals surface area contributed by atoms with Crippen molar-refractivity contribution in [2.45, 2.75) is 57.6 Å². The second kappa shape index (κ2) is 6.86. The summed E-state index contributed by atoms with van der Waals surface area (Å²) in [6.07, 6.45) is 6.54. The molecule has 6 nitrogen and oxygen atoms in total. The molecule has 0 bridgehead atoms. The first-order chi connectivity index (χ1) is 12.2. The van der Waals surface area contributed by atoms with Crippen LogP contribution in [0.1, 0.15) is 55.1 Å². The fourth-order valence-electron chi connectivity index (χ4n) is 3.84. The zero-order valence-electron chi connectivity index (χ0n) is 14.5. The van der Waals surface area contributed by atoms with E-state index in [0.29, 0.717) is 12.2 Å². The summed E-state index contributed by atoms with van der Waals surface area (Å²) < 4.78 is 11.0. The van der Waals surface area contributed by atoms with Gasteiger partial charge in [-0.3, -0.25) is 4.79 Å². The van der Waals surface area contributed by atoms with Gasteiger partial charge in [-0.2, -0.15) is 4.98 Å². The van der Waals surface area contributed by atoms with Crippen LogP contribution in [-0.4, -0.2) is 33.6 Å². The van der Waals surface area contributed by atoms with Gasteiger partial charge in [-0.1, -0.05) is 35.7 Å². The van der Waals surface area contributed by atoms with Gasteiger partial charge in [0.1, 0.15) is 5.75 Å². The molecule has 0 spiro atoms. The third-order valence-corrected chi connectivity index (χ3v) is 5.15. The molecule has 2 aliphatic rings. The van der Waals surface area contributed by atoms with Gasteiger partial charge in [-0.25, -0.2) is 0 Å². The van der Waals surface area contributed by atoms with Crippen molar-refractivity contribution in [2.75, 3.05) is 6.54 Å². The van der Waals surface area contributed by atoms with Crippen LogP contribution < -0.4 is 4.74 Å². The first-order valence-corrected chi connectivity index (χ1v) is 9.05. The number of ether oxygens (including phenoxy) is 1. The Morgan fingerprint density at radius 1 is 1.24 bits per heavy atom. The monoisotopic (exact) mass is 341 g/mol. The second-order valence-corrected chi connectivity index (χ2v) is 6.94. The lowest BCUT2D eigenvalue weighted by molar-refractivity contribution is -0.142. The second-order valence-electron chi connectivity index (χ2n) is 6.94. The number of likely N-dealkylation sites (tertiary alicyclic amines) is 1. The first-order valence-electron chi connectivity index (χ1n) is 9.05. The van der Waals surface area contributed by atoms with Gasteiger partial charge in [0, 0.05) is 6.54 Å². The molecule has 0 aliphatic carbocycles. The maximum atomic E-state index is 13.2. The van der Waals surface area contributed by atoms with E-state index in [-0.39, 0.29) is 11.9 Å². The van der Waals surface area contributed by atoms with E-state index in [0.717, 1.165) is 44.4 Å². The number of carbonyl (C=O) groups is 1. The highest BCUT2D eigenvalue weighted by Crippen LogP contribution is 2.33. The number of amides is 1. The van der Waals surface area contributed by atoms with E-state index < -0.39 is 6.10 Å². The lowest BCUT2D eigenvalue weighted by atomic mass is 9.99. The third kappa shape index (κ3) is 3.25. The molecular weight excluding hydrogens is 318 g/mol. The third-order valence-electron chi connectivity index (χ3n) is 5.15. The molecule has 1 aromatic heterocycles. The van der Waals surface area contributed by atoms with E-state index in [9.17, 15) is 4.79 Å². The molecule has 1 amide bonds. The maximum Gasteiger partial charge on any atom is 0.264 e. The highest BCUT2D eigenvalue weighted by atomic mass is 16.5. The SMILES string of the molecule is Cc1ccc2c(c1)CC[C@H](C(=O)N1CCCCC[C@@H]1c1ncon1)O2. The predicted molar refractivity (Wildman–Crippen MR) is 91.1 cm³/mol. The van der Waals surface area contributed by atoms with Crippen molar-refractivity contribution < 1.29 is 14.1 Å². The highest BCUT2D eigenvalue weighted by molar-refractivity contribution is 5.82. The highest BCUT2D eigenvalue weighted by Gasteiger charge is 2.36. The topological polar surface area (TPSA) is 68.5 Å². The molecule has 0 saturated carbocycles. The normalized spacial score (nSPS) is 23.5. The van der Waals surface area contributed by atoms with Gasteiger partial charge in [-0.15, -0.1) is 0 Å². The Morgan fingerprint density at radius 2 is 2.16 bits per heavy atom. The fraction of sp³-hybridized carbons (Fsp3) is 0.526. The number of aromatic nitrogens is 2. The molecule has 132 valence electrons. The summed E-state index contributed by atoms with van der Waals surface area (Å²) in [5.41, 5.74) is 2.41. The Kier molecular flexibility index (Phi) is 4.42. The average molecular weight is 341 g/mol. The summed E-state index contributed by atoms with van der Waals surface area (Å²) in [6.45, 7) is 2.79. The van der Waals surface area contributed by atoms with Crippen molar-refractivity contribution in [3.05, 3.63) is 41.5 Å². The van der Waals surface area contributed by atoms with Crippen molar-refractivity contribution in [3.8, 4) is 5.75 Å². The molecule has 0 radical (unpaired) electrons. The van der Waals surface area contributed by atoms with Gasteiger partial charge in [0.2, 0.25) is 6.39 Å². The summed E-state index contributed by atoms with van der Waals surface area (Å²) in [6, 6.07) is 6.03. The van der Waals surface area contributed by atoms with Gasteiger partial charge in [0.05, 0.1) is 6.04 Å². The van der Waals surface area contributed by atoms with Crippen molar-refractivity contribution in [1.29, 1.82) is 0 Å². The Morgan fingerprint density at radius 3 is 3.00 bits per heavy atom. The maximum absolute atomic E-state index is 13.2. The number of benzene rings is 1. The minimum atomic E-state index is -0.428. The standard InChI is InChI=1S/C19H23N3O3/c1-13-6-8-16-14(11-13)7-9-17(25-16)19(23)22-10-4-2-3-5-15(22)18-20-12-24-21-18/h6,8,11-12,15,17H,2-5,7,9-10H2,1H3/t15-,17-/m1/s1. The largest absolute Gasteiger partial charge is 0.480 e. The number of carbonyl (C=O) groups excluding carboxylic acids is 1. The number of nitrogens with zero attached hydrogens (tertiary/aromatic N) is 3. The number of aryl methyl sites for hydroxylation is 2. The quantitative estimate of drug-likeness (QED) is 0.839. The van der Waals surface area contributed by atoms with Gasteiger partial charge < -0.3 is 14.2 Å². The smallest absolute Gasteiger partial charge is 0.264 e. The Bertz CT molecular complexity index is 744. The van der Waals surface area contributed by atoms with Crippen LogP contribution in [0.5, 0.6) is 5.75 Å². The van der Waals surface area contributed by atoms with Crippen molar-refractivity contribution in [2.24, 2.45) is 0 Å². The average Bonchev–Trinajstić information content (AvgIpc) is 3.05. The molecule has 2 atom stereocenters. The van der Waals surface area contributed by atoms with Crippen LogP contribution in [0.4, 0.5) is 0 Å². The number of hydrogen-bond donors (Lipinski definition) is 0. The van der Waals surface area contributed by atoms with E-state index in [1.807, 2.05) is 17.0 Å². The molecule has 3 heterocycles. The fourth-order valence-corrected chi connectivity index (χ4v) is 3.84. The molecule has 1 fully saturated rings. The first kappa shape index (κ1) is 16.1. The lowest BCUT2D eigenvalue weighted by Gasteiger charge is -2.33. The number of hydrogen-bond acceptors (Lipinski definition) is 5. The van der Waals surface area contributed by atoms with E-state index >= 15 is 0 Å². The summed E-state index contributed by atoms with van der Waals surface area (Å²) in [5, 5.41) is 3.98. The van der Waals surface area contributed by atoms with Gasteiger partial charge in [0.25, 0.3) is 5.91 Å². The van der Waals surface area contributed by atoms with Crippen LogP contribution in [-0.2, 0) is 11.2 Å². The molecular formula is C19H23N3O3. The van der Waals surface area contributed by atoms with Gasteiger partial charge >= 0.3 is 0 Å². The van der Waals surface area contributed by atoms with Crippen LogP contribution in [0.15, 0.2) is 29.1 Å². The number of rotatable bonds is 2. The Labute approximate surface area is 147 Å². The van der Waals surface area contributed by atoms with Crippen LogP contribution in [0, 0.1) is 6.92 Å². The zero-order valence-corrected chi connectivity index (χ0v) is 14.5. The summed E-state index contributed by atoms with van der Waals surface area (Å²) >= 11 is 0. The van der Waals surface area contributed by atoms with Gasteiger partial charge in [0.15, 0.2) is 11.9 Å². The van der Waals surface area contributed by atoms with E-state index in [2.05, 4.69) is 23.1 Å². The molecule has 1 aromatic carbocycles. The van der Waals surface area contributed by atoms with Crippen molar-refractivity contribution >= 4 is 5.91 Å². The predicted octanol–water partition coefficient (Wildman–Crippen LogP) is 3.22. The van der Waals surface area contributed by atoms with E-state index in [1.54, 1.807) is 0 Å². The van der Waals surface area contributed by atoms with Crippen molar-refractivity contribution in [3.63, 3.8) is 0 Å². The van der Waals surface area contributed by atoms with E-state index in [4.69, 9.17) is 9.26 Å². The molecule has 25 heavy (non-hydrogen) atoms. The zero-order chi connectivity index (χ0) is 17.2. The summed E-state index contributed by atoms with van der Waals surface area (Å²) in [5.74, 6) is 1.48. The minimum absolute atomic E-state index is 0.0444. The molecule has 4 rings (SSSR count).